The summed E-state index contributed by atoms with van der Waals surface area (Å²) in [5.41, 5.74) is 2.47. The highest BCUT2D eigenvalue weighted by Gasteiger charge is 2.07. The van der Waals surface area contributed by atoms with Crippen molar-refractivity contribution < 1.29 is 4.52 Å². The molecule has 0 aliphatic rings. The maximum absolute atomic E-state index is 5.12. The molecule has 0 spiro atoms. The molecule has 0 radical (unpaired) electrons. The number of nitrogens with zero attached hydrogens (tertiary/aromatic N) is 2. The minimum atomic E-state index is 0.629. The lowest BCUT2D eigenvalue weighted by Gasteiger charge is -2.00. The van der Waals surface area contributed by atoms with Crippen LogP contribution in [0.1, 0.15) is 22.8 Å². The first-order valence-electron chi connectivity index (χ1n) is 4.71. The van der Waals surface area contributed by atoms with Crippen molar-refractivity contribution in [3.05, 3.63) is 47.1 Å². The molecule has 1 heterocycles. The fourth-order valence-corrected chi connectivity index (χ4v) is 1.62. The van der Waals surface area contributed by atoms with E-state index in [1.54, 1.807) is 0 Å². The third-order valence-corrected chi connectivity index (χ3v) is 2.73. The molecule has 0 bridgehead atoms. The third-order valence-electron chi connectivity index (χ3n) is 2.23. The number of hydrogen-bond acceptors (Lipinski definition) is 3. The third kappa shape index (κ3) is 2.45. The normalized spacial score (nSPS) is 10.5. The SMILES string of the molecule is Cc1ccccc1Cc1nc(CBr)no1. The van der Waals surface area contributed by atoms with Crippen LogP contribution in [0.3, 0.4) is 0 Å². The van der Waals surface area contributed by atoms with Crippen LogP contribution < -0.4 is 0 Å². The van der Waals surface area contributed by atoms with Crippen LogP contribution in [-0.4, -0.2) is 10.1 Å². The molecule has 1 aromatic heterocycles. The Morgan fingerprint density at radius 3 is 2.80 bits per heavy atom. The quantitative estimate of drug-likeness (QED) is 0.802. The fraction of sp³-hybridized carbons (Fsp3) is 0.273. The Bertz CT molecular complexity index is 453. The maximum atomic E-state index is 5.12. The van der Waals surface area contributed by atoms with Gasteiger partial charge in [-0.1, -0.05) is 45.4 Å². The van der Waals surface area contributed by atoms with Crippen LogP contribution >= 0.6 is 15.9 Å². The van der Waals surface area contributed by atoms with Gasteiger partial charge in [0.2, 0.25) is 5.89 Å². The zero-order chi connectivity index (χ0) is 10.7. The zero-order valence-corrected chi connectivity index (χ0v) is 9.99. The summed E-state index contributed by atoms with van der Waals surface area (Å²) in [6.07, 6.45) is 0.701. The Morgan fingerprint density at radius 2 is 2.13 bits per heavy atom. The van der Waals surface area contributed by atoms with Gasteiger partial charge in [-0.2, -0.15) is 4.98 Å². The van der Waals surface area contributed by atoms with E-state index >= 15 is 0 Å². The summed E-state index contributed by atoms with van der Waals surface area (Å²) in [7, 11) is 0. The molecule has 0 atom stereocenters. The van der Waals surface area contributed by atoms with Crippen molar-refractivity contribution in [2.45, 2.75) is 18.7 Å². The minimum absolute atomic E-state index is 0.629. The van der Waals surface area contributed by atoms with Gasteiger partial charge in [0.25, 0.3) is 0 Å². The second-order valence-corrected chi connectivity index (χ2v) is 3.90. The monoisotopic (exact) mass is 266 g/mol. The Morgan fingerprint density at radius 1 is 1.33 bits per heavy atom. The number of aromatic nitrogens is 2. The molecule has 0 fully saturated rings. The summed E-state index contributed by atoms with van der Waals surface area (Å²) in [5.74, 6) is 1.36. The summed E-state index contributed by atoms with van der Waals surface area (Å²) in [6, 6.07) is 8.20. The average Bonchev–Trinajstić information content (AvgIpc) is 2.69. The van der Waals surface area contributed by atoms with Crippen LogP contribution in [0.5, 0.6) is 0 Å². The summed E-state index contributed by atoms with van der Waals surface area (Å²) in [5, 5.41) is 4.46. The molecule has 15 heavy (non-hydrogen) atoms. The lowest BCUT2D eigenvalue weighted by atomic mass is 10.1. The molecule has 1 aromatic carbocycles. The van der Waals surface area contributed by atoms with Crippen LogP contribution in [0, 0.1) is 6.92 Å². The topological polar surface area (TPSA) is 38.9 Å². The molecule has 0 aliphatic carbocycles. The van der Waals surface area contributed by atoms with Gasteiger partial charge in [-0.15, -0.1) is 0 Å². The molecule has 0 saturated carbocycles. The van der Waals surface area contributed by atoms with Gasteiger partial charge in [-0.05, 0) is 18.1 Å². The largest absolute Gasteiger partial charge is 0.339 e. The van der Waals surface area contributed by atoms with Gasteiger partial charge in [0.1, 0.15) is 0 Å². The summed E-state index contributed by atoms with van der Waals surface area (Å²) in [4.78, 5) is 4.24. The molecule has 0 unspecified atom stereocenters. The van der Waals surface area contributed by atoms with Gasteiger partial charge in [0.05, 0.1) is 11.8 Å². The second-order valence-electron chi connectivity index (χ2n) is 3.34. The van der Waals surface area contributed by atoms with Gasteiger partial charge >= 0.3 is 0 Å². The van der Waals surface area contributed by atoms with Crippen LogP contribution in [0.15, 0.2) is 28.8 Å². The van der Waals surface area contributed by atoms with Crippen molar-refractivity contribution in [2.24, 2.45) is 0 Å². The molecule has 0 aliphatic heterocycles. The molecular weight excluding hydrogens is 256 g/mol. The lowest BCUT2D eigenvalue weighted by Crippen LogP contribution is -1.91. The van der Waals surface area contributed by atoms with E-state index in [2.05, 4.69) is 45.1 Å². The average molecular weight is 267 g/mol. The van der Waals surface area contributed by atoms with Crippen molar-refractivity contribution >= 4 is 15.9 Å². The van der Waals surface area contributed by atoms with E-state index in [-0.39, 0.29) is 0 Å². The predicted molar refractivity (Wildman–Crippen MR) is 60.9 cm³/mol. The van der Waals surface area contributed by atoms with E-state index in [1.165, 1.54) is 11.1 Å². The molecule has 0 N–H and O–H groups in total. The number of benzene rings is 1. The Kier molecular flexibility index (Phi) is 3.16. The Hall–Kier alpha value is -1.16. The molecule has 0 amide bonds. The number of alkyl halides is 1. The zero-order valence-electron chi connectivity index (χ0n) is 8.40. The van der Waals surface area contributed by atoms with E-state index in [0.29, 0.717) is 23.5 Å². The first-order chi connectivity index (χ1) is 7.29. The van der Waals surface area contributed by atoms with Crippen LogP contribution in [0.2, 0.25) is 0 Å². The van der Waals surface area contributed by atoms with E-state index in [1.807, 2.05) is 12.1 Å². The number of rotatable bonds is 3. The summed E-state index contributed by atoms with van der Waals surface area (Å²) < 4.78 is 5.12. The van der Waals surface area contributed by atoms with E-state index in [9.17, 15) is 0 Å². The molecule has 3 nitrogen and oxygen atoms in total. The van der Waals surface area contributed by atoms with Gasteiger partial charge in [0.15, 0.2) is 5.82 Å². The van der Waals surface area contributed by atoms with Crippen LogP contribution in [-0.2, 0) is 11.8 Å². The molecule has 78 valence electrons. The van der Waals surface area contributed by atoms with E-state index < -0.39 is 0 Å². The van der Waals surface area contributed by atoms with E-state index in [4.69, 9.17) is 4.52 Å². The molecule has 0 saturated heterocycles. The van der Waals surface area contributed by atoms with Crippen molar-refractivity contribution in [1.29, 1.82) is 0 Å². The summed E-state index contributed by atoms with van der Waals surface area (Å²) >= 11 is 3.29. The molecule has 2 rings (SSSR count). The van der Waals surface area contributed by atoms with Gasteiger partial charge in [-0.3, -0.25) is 0 Å². The Labute approximate surface area is 96.6 Å². The smallest absolute Gasteiger partial charge is 0.231 e. The maximum Gasteiger partial charge on any atom is 0.231 e. The van der Waals surface area contributed by atoms with Crippen LogP contribution in [0.4, 0.5) is 0 Å². The highest BCUT2D eigenvalue weighted by atomic mass is 79.9. The van der Waals surface area contributed by atoms with Gasteiger partial charge < -0.3 is 4.52 Å². The predicted octanol–water partition coefficient (Wildman–Crippen LogP) is 2.86. The summed E-state index contributed by atoms with van der Waals surface area (Å²) in [6.45, 7) is 2.08. The van der Waals surface area contributed by atoms with Crippen molar-refractivity contribution in [3.63, 3.8) is 0 Å². The standard InChI is InChI=1S/C11H11BrN2O/c1-8-4-2-3-5-9(8)6-11-13-10(7-12)14-15-11/h2-5H,6-7H2,1H3. The first-order valence-corrected chi connectivity index (χ1v) is 5.83. The second kappa shape index (κ2) is 4.57. The van der Waals surface area contributed by atoms with Crippen molar-refractivity contribution in [1.82, 2.24) is 10.1 Å². The fourth-order valence-electron chi connectivity index (χ4n) is 1.39. The van der Waals surface area contributed by atoms with Gasteiger partial charge in [-0.25, -0.2) is 0 Å². The molecule has 4 heteroatoms. The first kappa shape index (κ1) is 10.4. The number of hydrogen-bond donors (Lipinski definition) is 0. The number of aryl methyl sites for hydroxylation is 1. The van der Waals surface area contributed by atoms with Crippen LogP contribution in [0.25, 0.3) is 0 Å². The van der Waals surface area contributed by atoms with Crippen molar-refractivity contribution in [3.8, 4) is 0 Å². The minimum Gasteiger partial charge on any atom is -0.339 e. The molecular formula is C11H11BrN2O. The lowest BCUT2D eigenvalue weighted by molar-refractivity contribution is 0.381. The highest BCUT2D eigenvalue weighted by molar-refractivity contribution is 9.08. The van der Waals surface area contributed by atoms with E-state index in [0.717, 1.165) is 0 Å². The Balaban J connectivity index is 2.18. The highest BCUT2D eigenvalue weighted by Crippen LogP contribution is 2.12. The molecule has 2 aromatic rings. The number of halogens is 1. The van der Waals surface area contributed by atoms with Crippen molar-refractivity contribution in [2.75, 3.05) is 0 Å². The van der Waals surface area contributed by atoms with Gasteiger partial charge in [0, 0.05) is 0 Å².